The highest BCUT2D eigenvalue weighted by Crippen LogP contribution is 2.29. The van der Waals surface area contributed by atoms with Gasteiger partial charge in [-0.25, -0.2) is 0 Å². The summed E-state index contributed by atoms with van der Waals surface area (Å²) >= 11 is 0. The van der Waals surface area contributed by atoms with Gasteiger partial charge in [-0.15, -0.1) is 0 Å². The maximum atomic E-state index is 11.6. The van der Waals surface area contributed by atoms with Crippen LogP contribution in [0.3, 0.4) is 0 Å². The van der Waals surface area contributed by atoms with Crippen LogP contribution in [0.15, 0.2) is 0 Å². The molecule has 0 radical (unpaired) electrons. The number of carbonyl (C=O) groups excluding carboxylic acids is 1. The first-order valence-corrected chi connectivity index (χ1v) is 6.57. The predicted octanol–water partition coefficient (Wildman–Crippen LogP) is 2.35. The van der Waals surface area contributed by atoms with Gasteiger partial charge in [-0.3, -0.25) is 4.79 Å². The Hall–Kier alpha value is -0.570. The summed E-state index contributed by atoms with van der Waals surface area (Å²) in [5, 5.41) is 3.34. The molecule has 0 bridgehead atoms. The zero-order chi connectivity index (χ0) is 12.0. The Morgan fingerprint density at radius 1 is 1.44 bits per heavy atom. The lowest BCUT2D eigenvalue weighted by Crippen LogP contribution is -2.39. The van der Waals surface area contributed by atoms with Crippen LogP contribution in [0, 0.1) is 11.8 Å². The molecule has 3 heteroatoms. The van der Waals surface area contributed by atoms with E-state index in [9.17, 15) is 4.79 Å². The summed E-state index contributed by atoms with van der Waals surface area (Å²) in [6, 6.07) is -0.115. The molecule has 1 fully saturated rings. The molecule has 0 aromatic rings. The van der Waals surface area contributed by atoms with Gasteiger partial charge >= 0.3 is 5.97 Å². The van der Waals surface area contributed by atoms with Crippen molar-refractivity contribution in [1.29, 1.82) is 0 Å². The number of rotatable bonds is 6. The number of nitrogens with one attached hydrogen (secondary N) is 1. The molecule has 3 atom stereocenters. The first kappa shape index (κ1) is 13.5. The Morgan fingerprint density at radius 2 is 2.19 bits per heavy atom. The van der Waals surface area contributed by atoms with Gasteiger partial charge in [-0.1, -0.05) is 20.3 Å². The molecule has 1 N–H and O–H groups in total. The molecule has 1 aliphatic rings. The van der Waals surface area contributed by atoms with Crippen LogP contribution in [-0.4, -0.2) is 25.2 Å². The van der Waals surface area contributed by atoms with E-state index in [2.05, 4.69) is 12.2 Å². The van der Waals surface area contributed by atoms with Crippen LogP contribution in [0.2, 0.25) is 0 Å². The van der Waals surface area contributed by atoms with Crippen molar-refractivity contribution in [1.82, 2.24) is 5.32 Å². The minimum absolute atomic E-state index is 0.101. The van der Waals surface area contributed by atoms with E-state index in [1.165, 1.54) is 19.3 Å². The first-order chi connectivity index (χ1) is 7.67. The fourth-order valence-electron chi connectivity index (χ4n) is 2.46. The van der Waals surface area contributed by atoms with Gasteiger partial charge in [-0.2, -0.15) is 0 Å². The Kier molecular flexibility index (Phi) is 5.81. The number of hydrogen-bond acceptors (Lipinski definition) is 3. The van der Waals surface area contributed by atoms with Gasteiger partial charge in [0.2, 0.25) is 0 Å². The van der Waals surface area contributed by atoms with E-state index in [1.54, 1.807) is 0 Å². The van der Waals surface area contributed by atoms with Gasteiger partial charge in [0.05, 0.1) is 6.61 Å². The molecule has 94 valence electrons. The summed E-state index contributed by atoms with van der Waals surface area (Å²) in [7, 11) is 0. The third-order valence-corrected chi connectivity index (χ3v) is 3.44. The van der Waals surface area contributed by atoms with Gasteiger partial charge in [-0.05, 0) is 44.6 Å². The van der Waals surface area contributed by atoms with Crippen LogP contribution in [0.5, 0.6) is 0 Å². The SMILES string of the molecule is CCOC(=O)C(CC)NCC1CCC(C)C1. The second-order valence-corrected chi connectivity index (χ2v) is 4.91. The second-order valence-electron chi connectivity index (χ2n) is 4.91. The van der Waals surface area contributed by atoms with E-state index in [0.717, 1.165) is 24.8 Å². The average molecular weight is 227 g/mol. The monoisotopic (exact) mass is 227 g/mol. The first-order valence-electron chi connectivity index (χ1n) is 6.57. The number of ether oxygens (including phenoxy) is 1. The quantitative estimate of drug-likeness (QED) is 0.708. The van der Waals surface area contributed by atoms with E-state index < -0.39 is 0 Å². The van der Waals surface area contributed by atoms with Crippen LogP contribution < -0.4 is 5.32 Å². The molecule has 1 saturated carbocycles. The maximum Gasteiger partial charge on any atom is 0.323 e. The second kappa shape index (κ2) is 6.89. The Bertz CT molecular complexity index is 218. The minimum Gasteiger partial charge on any atom is -0.465 e. The van der Waals surface area contributed by atoms with Gasteiger partial charge in [0.25, 0.3) is 0 Å². The van der Waals surface area contributed by atoms with Crippen molar-refractivity contribution < 1.29 is 9.53 Å². The molecule has 1 aliphatic carbocycles. The Balaban J connectivity index is 2.25. The number of carbonyl (C=O) groups is 1. The lowest BCUT2D eigenvalue weighted by Gasteiger charge is -2.18. The highest BCUT2D eigenvalue weighted by Gasteiger charge is 2.23. The summed E-state index contributed by atoms with van der Waals surface area (Å²) in [6.45, 7) is 7.61. The topological polar surface area (TPSA) is 38.3 Å². The smallest absolute Gasteiger partial charge is 0.323 e. The third-order valence-electron chi connectivity index (χ3n) is 3.44. The summed E-state index contributed by atoms with van der Waals surface area (Å²) in [5.41, 5.74) is 0. The van der Waals surface area contributed by atoms with Gasteiger partial charge in [0.1, 0.15) is 6.04 Å². The molecule has 0 saturated heterocycles. The van der Waals surface area contributed by atoms with Crippen LogP contribution in [-0.2, 0) is 9.53 Å². The Labute approximate surface area is 98.9 Å². The summed E-state index contributed by atoms with van der Waals surface area (Å²) in [5.74, 6) is 1.50. The summed E-state index contributed by atoms with van der Waals surface area (Å²) in [6.07, 6.45) is 4.74. The van der Waals surface area contributed by atoms with Crippen molar-refractivity contribution >= 4 is 5.97 Å². The molecule has 3 unspecified atom stereocenters. The van der Waals surface area contributed by atoms with Crippen LogP contribution in [0.4, 0.5) is 0 Å². The Morgan fingerprint density at radius 3 is 2.69 bits per heavy atom. The third kappa shape index (κ3) is 4.12. The lowest BCUT2D eigenvalue weighted by molar-refractivity contribution is -0.145. The number of hydrogen-bond donors (Lipinski definition) is 1. The number of esters is 1. The zero-order valence-corrected chi connectivity index (χ0v) is 10.8. The molecular weight excluding hydrogens is 202 g/mol. The molecule has 0 spiro atoms. The summed E-state index contributed by atoms with van der Waals surface area (Å²) < 4.78 is 5.03. The fraction of sp³-hybridized carbons (Fsp3) is 0.923. The van der Waals surface area contributed by atoms with E-state index in [4.69, 9.17) is 4.74 Å². The molecule has 0 amide bonds. The van der Waals surface area contributed by atoms with E-state index >= 15 is 0 Å². The van der Waals surface area contributed by atoms with E-state index in [0.29, 0.717) is 6.61 Å². The normalized spacial score (nSPS) is 26.7. The predicted molar refractivity (Wildman–Crippen MR) is 65.2 cm³/mol. The molecule has 16 heavy (non-hydrogen) atoms. The van der Waals surface area contributed by atoms with Crippen molar-refractivity contribution in [3.63, 3.8) is 0 Å². The molecule has 0 aromatic carbocycles. The lowest BCUT2D eigenvalue weighted by atomic mass is 10.1. The largest absolute Gasteiger partial charge is 0.465 e. The van der Waals surface area contributed by atoms with Crippen molar-refractivity contribution in [3.05, 3.63) is 0 Å². The molecule has 1 rings (SSSR count). The fourth-order valence-corrected chi connectivity index (χ4v) is 2.46. The molecule has 3 nitrogen and oxygen atoms in total. The zero-order valence-electron chi connectivity index (χ0n) is 10.8. The highest BCUT2D eigenvalue weighted by molar-refractivity contribution is 5.75. The van der Waals surface area contributed by atoms with Crippen LogP contribution in [0.25, 0.3) is 0 Å². The minimum atomic E-state index is -0.115. The van der Waals surface area contributed by atoms with E-state index in [1.807, 2.05) is 13.8 Å². The van der Waals surface area contributed by atoms with Crippen molar-refractivity contribution in [2.45, 2.75) is 52.5 Å². The highest BCUT2D eigenvalue weighted by atomic mass is 16.5. The maximum absolute atomic E-state index is 11.6. The van der Waals surface area contributed by atoms with Gasteiger partial charge in [0, 0.05) is 0 Å². The van der Waals surface area contributed by atoms with Crippen molar-refractivity contribution in [2.24, 2.45) is 11.8 Å². The van der Waals surface area contributed by atoms with Crippen molar-refractivity contribution in [2.75, 3.05) is 13.2 Å². The van der Waals surface area contributed by atoms with Gasteiger partial charge in [0.15, 0.2) is 0 Å². The molecule has 0 aliphatic heterocycles. The molecule has 0 aromatic heterocycles. The average Bonchev–Trinajstić information content (AvgIpc) is 2.65. The van der Waals surface area contributed by atoms with Gasteiger partial charge < -0.3 is 10.1 Å². The van der Waals surface area contributed by atoms with Crippen LogP contribution >= 0.6 is 0 Å². The standard InChI is InChI=1S/C13H25NO2/c1-4-12(13(15)16-5-2)14-9-11-7-6-10(3)8-11/h10-12,14H,4-9H2,1-3H3. The van der Waals surface area contributed by atoms with E-state index in [-0.39, 0.29) is 12.0 Å². The van der Waals surface area contributed by atoms with Crippen LogP contribution in [0.1, 0.15) is 46.5 Å². The molecular formula is C13H25NO2. The summed E-state index contributed by atoms with van der Waals surface area (Å²) in [4.78, 5) is 11.6. The van der Waals surface area contributed by atoms with Crippen molar-refractivity contribution in [3.8, 4) is 0 Å². The molecule has 0 heterocycles.